The van der Waals surface area contributed by atoms with E-state index in [1.807, 2.05) is 12.1 Å². The number of nitrogens with zero attached hydrogens (tertiary/aromatic N) is 1. The Kier molecular flexibility index (Phi) is 11.9. The molecule has 0 aliphatic carbocycles. The van der Waals surface area contributed by atoms with Crippen LogP contribution in [0.2, 0.25) is 0 Å². The van der Waals surface area contributed by atoms with Gasteiger partial charge in [-0.1, -0.05) is 0 Å². The lowest BCUT2D eigenvalue weighted by molar-refractivity contribution is 0.0171. The second-order valence-corrected chi connectivity index (χ2v) is 5.58. The third-order valence-electron chi connectivity index (χ3n) is 3.63. The first-order valence-electron chi connectivity index (χ1n) is 8.62. The van der Waals surface area contributed by atoms with E-state index in [0.29, 0.717) is 12.7 Å². The predicted molar refractivity (Wildman–Crippen MR) is 106 cm³/mol. The molecule has 0 bridgehead atoms. The second-order valence-electron chi connectivity index (χ2n) is 5.58. The van der Waals surface area contributed by atoms with E-state index >= 15 is 0 Å². The summed E-state index contributed by atoms with van der Waals surface area (Å²) < 4.78 is 16.5. The number of ether oxygens (including phenoxy) is 2. The van der Waals surface area contributed by atoms with Crippen molar-refractivity contribution in [3.63, 3.8) is 0 Å². The fourth-order valence-electron chi connectivity index (χ4n) is 2.45. The molecule has 0 radical (unpaired) electrons. The number of rotatable bonds is 10. The first-order valence-corrected chi connectivity index (χ1v) is 8.62. The molecule has 0 saturated carbocycles. The standard InChI is InChI=1S/C17H29N3O3.HI/c1-2-18-17(20-10-8-15-6-3-12-22-15)19-9-5-11-21-14-16-7-4-13-23-16;/h3,6,12,16H,2,4-5,7-11,13-14H2,1H3,(H2,18,19,20);1H. The average Bonchev–Trinajstić information content (AvgIpc) is 3.24. The van der Waals surface area contributed by atoms with Crippen LogP contribution in [0.3, 0.4) is 0 Å². The molecular formula is C17H30IN3O3. The van der Waals surface area contributed by atoms with Crippen LogP contribution in [0.1, 0.15) is 31.9 Å². The Morgan fingerprint density at radius 2 is 2.33 bits per heavy atom. The van der Waals surface area contributed by atoms with Gasteiger partial charge in [0.25, 0.3) is 0 Å². The van der Waals surface area contributed by atoms with E-state index in [-0.39, 0.29) is 24.0 Å². The van der Waals surface area contributed by atoms with Gasteiger partial charge in [-0.15, -0.1) is 24.0 Å². The zero-order chi connectivity index (χ0) is 16.2. The molecular weight excluding hydrogens is 421 g/mol. The molecule has 1 aromatic heterocycles. The van der Waals surface area contributed by atoms with E-state index in [2.05, 4.69) is 22.5 Å². The molecule has 7 heteroatoms. The smallest absolute Gasteiger partial charge is 0.191 e. The Balaban J connectivity index is 0.00000288. The minimum absolute atomic E-state index is 0. The highest BCUT2D eigenvalue weighted by molar-refractivity contribution is 14.0. The van der Waals surface area contributed by atoms with Gasteiger partial charge in [-0.2, -0.15) is 0 Å². The molecule has 1 aliphatic heterocycles. The molecule has 1 saturated heterocycles. The van der Waals surface area contributed by atoms with Crippen molar-refractivity contribution in [2.24, 2.45) is 4.99 Å². The van der Waals surface area contributed by atoms with Crippen LogP contribution < -0.4 is 10.6 Å². The number of hydrogen-bond donors (Lipinski definition) is 2. The molecule has 1 unspecified atom stereocenters. The first kappa shape index (κ1) is 21.2. The van der Waals surface area contributed by atoms with E-state index < -0.39 is 0 Å². The van der Waals surface area contributed by atoms with Crippen LogP contribution in [0.5, 0.6) is 0 Å². The SMILES string of the molecule is CCNC(=NCCCOCC1CCCO1)NCCc1ccco1.I. The summed E-state index contributed by atoms with van der Waals surface area (Å²) in [4.78, 5) is 4.55. The molecule has 0 amide bonds. The summed E-state index contributed by atoms with van der Waals surface area (Å²) in [5.74, 6) is 1.83. The maximum absolute atomic E-state index is 5.64. The summed E-state index contributed by atoms with van der Waals surface area (Å²) in [5, 5.41) is 6.56. The van der Waals surface area contributed by atoms with Gasteiger partial charge in [-0.05, 0) is 38.3 Å². The maximum atomic E-state index is 5.64. The normalized spacial score (nSPS) is 17.5. The largest absolute Gasteiger partial charge is 0.469 e. The molecule has 0 aromatic carbocycles. The molecule has 2 heterocycles. The first-order chi connectivity index (χ1) is 11.4. The van der Waals surface area contributed by atoms with Crippen LogP contribution in [0, 0.1) is 0 Å². The van der Waals surface area contributed by atoms with Crippen LogP contribution in [0.25, 0.3) is 0 Å². The van der Waals surface area contributed by atoms with Crippen molar-refractivity contribution in [1.82, 2.24) is 10.6 Å². The quantitative estimate of drug-likeness (QED) is 0.248. The summed E-state index contributed by atoms with van der Waals surface area (Å²) >= 11 is 0. The molecule has 1 aromatic rings. The Morgan fingerprint density at radius 1 is 1.42 bits per heavy atom. The van der Waals surface area contributed by atoms with Gasteiger partial charge in [0.2, 0.25) is 0 Å². The molecule has 1 atom stereocenters. The number of furan rings is 1. The third kappa shape index (κ3) is 8.89. The molecule has 2 N–H and O–H groups in total. The lowest BCUT2D eigenvalue weighted by atomic mass is 10.2. The number of hydrogen-bond acceptors (Lipinski definition) is 4. The number of guanidine groups is 1. The fraction of sp³-hybridized carbons (Fsp3) is 0.706. The lowest BCUT2D eigenvalue weighted by Gasteiger charge is -2.11. The third-order valence-corrected chi connectivity index (χ3v) is 3.63. The van der Waals surface area contributed by atoms with E-state index in [9.17, 15) is 0 Å². The van der Waals surface area contributed by atoms with Crippen LogP contribution in [0.15, 0.2) is 27.8 Å². The van der Waals surface area contributed by atoms with Crippen LogP contribution in [-0.4, -0.2) is 51.5 Å². The van der Waals surface area contributed by atoms with E-state index in [1.165, 1.54) is 0 Å². The topological polar surface area (TPSA) is 68.0 Å². The number of nitrogens with one attached hydrogen (secondary N) is 2. The van der Waals surface area contributed by atoms with Crippen LogP contribution in [0.4, 0.5) is 0 Å². The maximum Gasteiger partial charge on any atom is 0.191 e. The van der Waals surface area contributed by atoms with Crippen molar-refractivity contribution >= 4 is 29.9 Å². The summed E-state index contributed by atoms with van der Waals surface area (Å²) in [6.07, 6.45) is 6.06. The van der Waals surface area contributed by atoms with Crippen molar-refractivity contribution in [2.75, 3.05) is 39.5 Å². The van der Waals surface area contributed by atoms with E-state index in [4.69, 9.17) is 13.9 Å². The van der Waals surface area contributed by atoms with Crippen LogP contribution >= 0.6 is 24.0 Å². The van der Waals surface area contributed by atoms with Crippen molar-refractivity contribution in [3.8, 4) is 0 Å². The highest BCUT2D eigenvalue weighted by Crippen LogP contribution is 2.11. The number of halogens is 1. The molecule has 2 rings (SSSR count). The van der Waals surface area contributed by atoms with Crippen molar-refractivity contribution < 1.29 is 13.9 Å². The zero-order valence-electron chi connectivity index (χ0n) is 14.5. The molecule has 138 valence electrons. The average molecular weight is 451 g/mol. The predicted octanol–water partition coefficient (Wildman–Crippen LogP) is 2.58. The second kappa shape index (κ2) is 13.5. The molecule has 1 aliphatic rings. The summed E-state index contributed by atoms with van der Waals surface area (Å²) in [6, 6.07) is 3.89. The Hall–Kier alpha value is -0.800. The van der Waals surface area contributed by atoms with Crippen molar-refractivity contribution in [3.05, 3.63) is 24.2 Å². The Labute approximate surface area is 161 Å². The summed E-state index contributed by atoms with van der Waals surface area (Å²) in [6.45, 7) is 6.79. The van der Waals surface area contributed by atoms with Gasteiger partial charge in [0, 0.05) is 39.3 Å². The van der Waals surface area contributed by atoms with Gasteiger partial charge >= 0.3 is 0 Å². The zero-order valence-corrected chi connectivity index (χ0v) is 16.8. The summed E-state index contributed by atoms with van der Waals surface area (Å²) in [5.41, 5.74) is 0. The minimum atomic E-state index is 0. The van der Waals surface area contributed by atoms with Gasteiger partial charge in [0.05, 0.1) is 19.0 Å². The van der Waals surface area contributed by atoms with Crippen LogP contribution in [-0.2, 0) is 15.9 Å². The Bertz CT molecular complexity index is 434. The highest BCUT2D eigenvalue weighted by Gasteiger charge is 2.14. The van der Waals surface area contributed by atoms with Gasteiger partial charge in [-0.3, -0.25) is 4.99 Å². The monoisotopic (exact) mass is 451 g/mol. The van der Waals surface area contributed by atoms with Crippen molar-refractivity contribution in [2.45, 2.75) is 38.7 Å². The van der Waals surface area contributed by atoms with Gasteiger partial charge in [0.15, 0.2) is 5.96 Å². The lowest BCUT2D eigenvalue weighted by Crippen LogP contribution is -2.38. The molecule has 0 spiro atoms. The summed E-state index contributed by atoms with van der Waals surface area (Å²) in [7, 11) is 0. The van der Waals surface area contributed by atoms with Crippen molar-refractivity contribution in [1.29, 1.82) is 0 Å². The molecule has 24 heavy (non-hydrogen) atoms. The van der Waals surface area contributed by atoms with Gasteiger partial charge in [-0.25, -0.2) is 0 Å². The van der Waals surface area contributed by atoms with E-state index in [0.717, 1.165) is 70.3 Å². The molecule has 6 nitrogen and oxygen atoms in total. The fourth-order valence-corrected chi connectivity index (χ4v) is 2.45. The minimum Gasteiger partial charge on any atom is -0.469 e. The Morgan fingerprint density at radius 3 is 3.04 bits per heavy atom. The van der Waals surface area contributed by atoms with Gasteiger partial charge in [0.1, 0.15) is 5.76 Å². The molecule has 1 fully saturated rings. The van der Waals surface area contributed by atoms with E-state index in [1.54, 1.807) is 6.26 Å². The number of aliphatic imine (C=N–C) groups is 1. The van der Waals surface area contributed by atoms with Gasteiger partial charge < -0.3 is 24.5 Å². The highest BCUT2D eigenvalue weighted by atomic mass is 127.